The molecule has 0 aliphatic carbocycles. The summed E-state index contributed by atoms with van der Waals surface area (Å²) in [6, 6.07) is 0.918. The van der Waals surface area contributed by atoms with E-state index >= 15 is 0 Å². The quantitative estimate of drug-likeness (QED) is 0.329. The Bertz CT molecular complexity index is 758. The summed E-state index contributed by atoms with van der Waals surface area (Å²) in [5, 5.41) is 7.87. The van der Waals surface area contributed by atoms with Crippen molar-refractivity contribution in [2.75, 3.05) is 12.8 Å². The van der Waals surface area contributed by atoms with Gasteiger partial charge in [-0.25, -0.2) is 9.97 Å². The first kappa shape index (κ1) is 19.9. The zero-order valence-corrected chi connectivity index (χ0v) is 15.9. The second kappa shape index (κ2) is 7.85. The number of oxime groups is 1. The van der Waals surface area contributed by atoms with Gasteiger partial charge in [-0.3, -0.25) is 0 Å². The van der Waals surface area contributed by atoms with Gasteiger partial charge in [0.05, 0.1) is 19.9 Å². The van der Waals surface area contributed by atoms with Crippen LogP contribution < -0.4 is 4.74 Å². The van der Waals surface area contributed by atoms with Gasteiger partial charge in [0, 0.05) is 6.20 Å². The van der Waals surface area contributed by atoms with E-state index in [1.807, 2.05) is 19.6 Å². The average Bonchev–Trinajstić information content (AvgIpc) is 3.06. The van der Waals surface area contributed by atoms with E-state index in [4.69, 9.17) is 9.57 Å². The molecule has 0 radical (unpaired) electrons. The van der Waals surface area contributed by atoms with E-state index in [2.05, 4.69) is 20.2 Å². The van der Waals surface area contributed by atoms with Crippen molar-refractivity contribution in [2.24, 2.45) is 5.16 Å². The lowest BCUT2D eigenvalue weighted by atomic mass is 10.2. The van der Waals surface area contributed by atoms with Crippen molar-refractivity contribution in [1.29, 1.82) is 0 Å². The Hall–Kier alpha value is -2.43. The maximum absolute atomic E-state index is 13.1. The zero-order chi connectivity index (χ0) is 19.4. The molecule has 0 saturated carbocycles. The van der Waals surface area contributed by atoms with Crippen molar-refractivity contribution in [2.45, 2.75) is 32.7 Å². The largest absolute Gasteiger partial charge is 0.495 e. The molecule has 0 aromatic carbocycles. The molecule has 0 spiro atoms. The minimum atomic E-state index is -4.53. The van der Waals surface area contributed by atoms with Crippen LogP contribution in [0.25, 0.3) is 0 Å². The molecular weight excluding hydrogens is 367 g/mol. The lowest BCUT2D eigenvalue weighted by molar-refractivity contribution is -0.137. The van der Waals surface area contributed by atoms with Crippen molar-refractivity contribution in [3.63, 3.8) is 0 Å². The molecule has 0 aliphatic heterocycles. The first-order chi connectivity index (χ1) is 12.1. The standard InChI is InChI=1S/C15H20F3N5O2Si/c1-5-25-22-14(23-9-19-8-21-23)13-12(24-10-26(2,3)4)6-11(7-20-13)15(16,17)18/h6-9H,5,10H2,1-4H3/b22-14-. The predicted molar refractivity (Wildman–Crippen MR) is 91.7 cm³/mol. The highest BCUT2D eigenvalue weighted by Crippen LogP contribution is 2.32. The maximum atomic E-state index is 13.1. The molecule has 7 nitrogen and oxygen atoms in total. The molecule has 2 rings (SSSR count). The molecule has 0 fully saturated rings. The van der Waals surface area contributed by atoms with Crippen LogP contribution in [-0.2, 0) is 11.0 Å². The van der Waals surface area contributed by atoms with Crippen LogP contribution in [0.4, 0.5) is 13.2 Å². The van der Waals surface area contributed by atoms with Crippen molar-refractivity contribution in [3.8, 4) is 5.75 Å². The fraction of sp³-hybridized carbons (Fsp3) is 0.467. The molecule has 2 aromatic rings. The fourth-order valence-electron chi connectivity index (χ4n) is 1.81. The van der Waals surface area contributed by atoms with Crippen molar-refractivity contribution in [1.82, 2.24) is 19.7 Å². The first-order valence-electron chi connectivity index (χ1n) is 7.87. The summed E-state index contributed by atoms with van der Waals surface area (Å²) in [5.74, 6) is 0.0554. The number of halogens is 3. The van der Waals surface area contributed by atoms with Gasteiger partial charge in [0.25, 0.3) is 0 Å². The zero-order valence-electron chi connectivity index (χ0n) is 14.9. The van der Waals surface area contributed by atoms with E-state index in [1.165, 1.54) is 17.3 Å². The van der Waals surface area contributed by atoms with Gasteiger partial charge in [-0.1, -0.05) is 24.8 Å². The number of ether oxygens (including phenoxy) is 1. The highest BCUT2D eigenvalue weighted by atomic mass is 28.3. The van der Waals surface area contributed by atoms with Crippen LogP contribution in [0.3, 0.4) is 0 Å². The van der Waals surface area contributed by atoms with Gasteiger partial charge in [0.15, 0.2) is 5.69 Å². The van der Waals surface area contributed by atoms with Crippen LogP contribution >= 0.6 is 0 Å². The van der Waals surface area contributed by atoms with Crippen LogP contribution in [0.5, 0.6) is 5.75 Å². The SMILES string of the molecule is CCO/N=C(/c1ncc(C(F)(F)F)cc1OC[Si](C)(C)C)n1cncn1. The summed E-state index contributed by atoms with van der Waals surface area (Å²) in [5.41, 5.74) is -0.809. The lowest BCUT2D eigenvalue weighted by Gasteiger charge is -2.19. The molecule has 0 saturated heterocycles. The molecule has 0 amide bonds. The van der Waals surface area contributed by atoms with Gasteiger partial charge in [-0.2, -0.15) is 23.0 Å². The Morgan fingerprint density at radius 2 is 2.04 bits per heavy atom. The Balaban J connectivity index is 2.53. The topological polar surface area (TPSA) is 74.4 Å². The second-order valence-electron chi connectivity index (χ2n) is 6.59. The number of rotatable bonds is 6. The summed E-state index contributed by atoms with van der Waals surface area (Å²) in [4.78, 5) is 12.8. The highest BCUT2D eigenvalue weighted by molar-refractivity contribution is 6.76. The van der Waals surface area contributed by atoms with Crippen LogP contribution in [0.15, 0.2) is 30.1 Å². The van der Waals surface area contributed by atoms with E-state index in [0.717, 1.165) is 12.3 Å². The number of aromatic nitrogens is 4. The molecule has 26 heavy (non-hydrogen) atoms. The van der Waals surface area contributed by atoms with Gasteiger partial charge >= 0.3 is 6.18 Å². The number of hydrogen-bond acceptors (Lipinski definition) is 6. The number of hydrogen-bond donors (Lipinski definition) is 0. The number of pyridine rings is 1. The van der Waals surface area contributed by atoms with Crippen LogP contribution in [0.1, 0.15) is 18.2 Å². The Morgan fingerprint density at radius 3 is 2.58 bits per heavy atom. The predicted octanol–water partition coefficient (Wildman–Crippen LogP) is 3.19. The smallest absolute Gasteiger partial charge is 0.418 e. The van der Waals surface area contributed by atoms with Crippen molar-refractivity contribution >= 4 is 13.9 Å². The Kier molecular flexibility index (Phi) is 6.00. The summed E-state index contributed by atoms with van der Waals surface area (Å²) in [6.45, 7) is 8.12. The first-order valence-corrected chi connectivity index (χ1v) is 11.6. The van der Waals surface area contributed by atoms with Gasteiger partial charge in [-0.15, -0.1) is 0 Å². The third-order valence-corrected chi connectivity index (χ3v) is 3.98. The van der Waals surface area contributed by atoms with Gasteiger partial charge in [-0.05, 0) is 13.0 Å². The molecule has 2 heterocycles. The maximum Gasteiger partial charge on any atom is 0.418 e. The Morgan fingerprint density at radius 1 is 1.31 bits per heavy atom. The van der Waals surface area contributed by atoms with Gasteiger partial charge in [0.2, 0.25) is 5.84 Å². The van der Waals surface area contributed by atoms with E-state index in [-0.39, 0.29) is 23.9 Å². The van der Waals surface area contributed by atoms with Crippen LogP contribution in [-0.4, -0.2) is 46.5 Å². The monoisotopic (exact) mass is 387 g/mol. The third-order valence-electron chi connectivity index (χ3n) is 2.97. The van der Waals surface area contributed by atoms with Crippen LogP contribution in [0.2, 0.25) is 19.6 Å². The van der Waals surface area contributed by atoms with Gasteiger partial charge < -0.3 is 9.57 Å². The Labute approximate surface area is 149 Å². The van der Waals surface area contributed by atoms with Crippen LogP contribution in [0, 0.1) is 0 Å². The molecule has 0 aliphatic rings. The third kappa shape index (κ3) is 5.28. The van der Waals surface area contributed by atoms with E-state index in [1.54, 1.807) is 6.92 Å². The van der Waals surface area contributed by atoms with Gasteiger partial charge in [0.1, 0.15) is 25.0 Å². The molecule has 0 atom stereocenters. The molecule has 0 N–H and O–H groups in total. The van der Waals surface area contributed by atoms with E-state index in [0.29, 0.717) is 6.23 Å². The van der Waals surface area contributed by atoms with Crippen molar-refractivity contribution in [3.05, 3.63) is 36.2 Å². The normalized spacial score (nSPS) is 13.0. The minimum Gasteiger partial charge on any atom is -0.495 e. The number of alkyl halides is 3. The van der Waals surface area contributed by atoms with E-state index in [9.17, 15) is 13.2 Å². The number of nitrogens with zero attached hydrogens (tertiary/aromatic N) is 5. The fourth-order valence-corrected chi connectivity index (χ4v) is 2.40. The molecule has 2 aromatic heterocycles. The minimum absolute atomic E-state index is 0.0313. The average molecular weight is 387 g/mol. The molecular formula is C15H20F3N5O2Si. The molecule has 0 unspecified atom stereocenters. The lowest BCUT2D eigenvalue weighted by Crippen LogP contribution is -2.31. The molecule has 142 valence electrons. The van der Waals surface area contributed by atoms with E-state index < -0.39 is 19.8 Å². The highest BCUT2D eigenvalue weighted by Gasteiger charge is 2.33. The van der Waals surface area contributed by atoms with Crippen molar-refractivity contribution < 1.29 is 22.7 Å². The molecule has 0 bridgehead atoms. The summed E-state index contributed by atoms with van der Waals surface area (Å²) in [7, 11) is -1.69. The molecule has 11 heteroatoms. The summed E-state index contributed by atoms with van der Waals surface area (Å²) < 4.78 is 46.2. The summed E-state index contributed by atoms with van der Waals surface area (Å²) >= 11 is 0. The second-order valence-corrected chi connectivity index (χ2v) is 12.0. The summed E-state index contributed by atoms with van der Waals surface area (Å²) in [6.07, 6.45) is -0.863.